The van der Waals surface area contributed by atoms with Gasteiger partial charge < -0.3 is 24.3 Å². The fourth-order valence-corrected chi connectivity index (χ4v) is 5.18. The first-order valence-electron chi connectivity index (χ1n) is 12.4. The number of ether oxygens (including phenoxy) is 2. The maximum atomic E-state index is 13.5. The molecule has 0 spiro atoms. The molecule has 1 atom stereocenters. The fourth-order valence-electron chi connectivity index (χ4n) is 5.18. The van der Waals surface area contributed by atoms with Gasteiger partial charge in [-0.25, -0.2) is 15.0 Å². The van der Waals surface area contributed by atoms with Gasteiger partial charge in [-0.1, -0.05) is 0 Å². The van der Waals surface area contributed by atoms with Crippen LogP contribution in [0, 0.1) is 0 Å². The highest BCUT2D eigenvalue weighted by Crippen LogP contribution is 2.27. The Hall–Kier alpha value is -3.09. The summed E-state index contributed by atoms with van der Waals surface area (Å²) < 4.78 is 12.8. The molecule has 3 fully saturated rings. The predicted molar refractivity (Wildman–Crippen MR) is 128 cm³/mol. The molecule has 6 rings (SSSR count). The van der Waals surface area contributed by atoms with Crippen molar-refractivity contribution in [2.24, 2.45) is 7.05 Å². The largest absolute Gasteiger partial charge is 0.379 e. The van der Waals surface area contributed by atoms with Crippen molar-refractivity contribution in [1.29, 1.82) is 0 Å². The molecule has 3 aliphatic rings. The summed E-state index contributed by atoms with van der Waals surface area (Å²) >= 11 is 0. The fraction of sp³-hybridized carbons (Fsp3) is 0.609. The van der Waals surface area contributed by atoms with Crippen LogP contribution in [-0.4, -0.2) is 117 Å². The minimum atomic E-state index is -0.0863. The van der Waals surface area contributed by atoms with Crippen LogP contribution in [-0.2, 0) is 16.5 Å². The van der Waals surface area contributed by atoms with Gasteiger partial charge in [-0.15, -0.1) is 0 Å². The molecular weight excluding hydrogens is 450 g/mol. The van der Waals surface area contributed by atoms with E-state index in [2.05, 4.69) is 19.9 Å². The third-order valence-corrected chi connectivity index (χ3v) is 7.05. The van der Waals surface area contributed by atoms with Gasteiger partial charge >= 0.3 is 0 Å². The Labute approximate surface area is 203 Å². The normalized spacial score (nSPS) is 22.1. The summed E-state index contributed by atoms with van der Waals surface area (Å²) in [5, 5.41) is 4.26. The molecule has 1 amide bonds. The average molecular weight is 482 g/mol. The predicted octanol–water partition coefficient (Wildman–Crippen LogP) is 0.527. The molecule has 3 aromatic heterocycles. The summed E-state index contributed by atoms with van der Waals surface area (Å²) in [6.45, 7) is 7.48. The van der Waals surface area contributed by atoms with Gasteiger partial charge in [0.2, 0.25) is 0 Å². The highest BCUT2D eigenvalue weighted by atomic mass is 16.5. The number of carbonyl (C=O) groups is 1. The number of morpholine rings is 2. The number of aromatic nitrogens is 6. The number of hydrogen-bond acceptors (Lipinski definition) is 9. The van der Waals surface area contributed by atoms with Crippen LogP contribution in [0.3, 0.4) is 0 Å². The standard InChI is InChI=1S/C23H31N9O3/c1-29-14-16(13-24-29)19-26-20-18(22(28-19)31-7-11-35-12-8-31)25-21(27-20)23(33)32-4-2-3-17(15-32)30-5-9-34-10-6-30/h13-14,17H,2-12,15H2,1H3,(H,25,26,27,28)/t17-/m0/s1. The van der Waals surface area contributed by atoms with E-state index < -0.39 is 0 Å². The van der Waals surface area contributed by atoms with Crippen molar-refractivity contribution >= 4 is 22.9 Å². The van der Waals surface area contributed by atoms with Crippen LogP contribution in [0.5, 0.6) is 0 Å². The number of imidazole rings is 1. The first-order chi connectivity index (χ1) is 17.2. The third-order valence-electron chi connectivity index (χ3n) is 7.05. The van der Waals surface area contributed by atoms with Crippen molar-refractivity contribution in [3.8, 4) is 11.4 Å². The summed E-state index contributed by atoms with van der Waals surface area (Å²) in [4.78, 5) is 37.6. The van der Waals surface area contributed by atoms with Crippen molar-refractivity contribution < 1.29 is 14.3 Å². The SMILES string of the molecule is Cn1cc(-c2nc(N3CCOCC3)c3nc(C(=O)N4CCC[C@H](N5CCOCC5)C4)[nH]c3n2)cn1. The summed E-state index contributed by atoms with van der Waals surface area (Å²) in [7, 11) is 1.86. The van der Waals surface area contributed by atoms with E-state index in [0.717, 1.165) is 57.1 Å². The van der Waals surface area contributed by atoms with E-state index in [1.807, 2.05) is 18.1 Å². The smallest absolute Gasteiger partial charge is 0.289 e. The minimum Gasteiger partial charge on any atom is -0.379 e. The second-order valence-electron chi connectivity index (χ2n) is 9.35. The lowest BCUT2D eigenvalue weighted by molar-refractivity contribution is -0.00136. The molecule has 3 saturated heterocycles. The van der Waals surface area contributed by atoms with E-state index in [1.165, 1.54) is 0 Å². The second-order valence-corrected chi connectivity index (χ2v) is 9.35. The molecule has 1 N–H and O–H groups in total. The highest BCUT2D eigenvalue weighted by Gasteiger charge is 2.31. The van der Waals surface area contributed by atoms with Crippen LogP contribution >= 0.6 is 0 Å². The van der Waals surface area contributed by atoms with Crippen LogP contribution < -0.4 is 4.90 Å². The third kappa shape index (κ3) is 4.48. The zero-order chi connectivity index (χ0) is 23.8. The van der Waals surface area contributed by atoms with Crippen molar-refractivity contribution in [3.05, 3.63) is 18.2 Å². The Balaban J connectivity index is 1.31. The van der Waals surface area contributed by atoms with Crippen molar-refractivity contribution in [2.75, 3.05) is 70.6 Å². The number of fused-ring (bicyclic) bond motifs is 1. The number of rotatable bonds is 4. The van der Waals surface area contributed by atoms with E-state index in [0.29, 0.717) is 61.7 Å². The van der Waals surface area contributed by atoms with Crippen LogP contribution in [0.4, 0.5) is 5.82 Å². The highest BCUT2D eigenvalue weighted by molar-refractivity contribution is 5.96. The van der Waals surface area contributed by atoms with Crippen molar-refractivity contribution in [1.82, 2.24) is 39.5 Å². The Bertz CT molecular complexity index is 1200. The van der Waals surface area contributed by atoms with Crippen molar-refractivity contribution in [2.45, 2.75) is 18.9 Å². The number of hydrogen-bond donors (Lipinski definition) is 1. The number of aryl methyl sites for hydroxylation is 1. The second kappa shape index (κ2) is 9.51. The van der Waals surface area contributed by atoms with Gasteiger partial charge in [0.25, 0.3) is 5.91 Å². The number of carbonyl (C=O) groups excluding carboxylic acids is 1. The number of H-pyrrole nitrogens is 1. The molecule has 12 nitrogen and oxygen atoms in total. The maximum Gasteiger partial charge on any atom is 0.289 e. The number of aromatic amines is 1. The lowest BCUT2D eigenvalue weighted by Crippen LogP contribution is -2.52. The van der Waals surface area contributed by atoms with E-state index in [4.69, 9.17) is 24.4 Å². The first kappa shape index (κ1) is 22.4. The van der Waals surface area contributed by atoms with Gasteiger partial charge in [-0.3, -0.25) is 14.4 Å². The zero-order valence-electron chi connectivity index (χ0n) is 20.0. The van der Waals surface area contributed by atoms with Crippen LogP contribution in [0.25, 0.3) is 22.6 Å². The topological polar surface area (TPSA) is 118 Å². The lowest BCUT2D eigenvalue weighted by atomic mass is 10.0. The molecule has 0 saturated carbocycles. The quantitative estimate of drug-likeness (QED) is 0.569. The van der Waals surface area contributed by atoms with Gasteiger partial charge in [-0.2, -0.15) is 5.10 Å². The van der Waals surface area contributed by atoms with Gasteiger partial charge in [-0.05, 0) is 12.8 Å². The molecule has 0 aromatic carbocycles. The van der Waals surface area contributed by atoms with E-state index in [-0.39, 0.29) is 5.91 Å². The summed E-state index contributed by atoms with van der Waals surface area (Å²) in [6, 6.07) is 0.363. The zero-order valence-corrected chi connectivity index (χ0v) is 20.0. The molecule has 0 radical (unpaired) electrons. The van der Waals surface area contributed by atoms with E-state index in [1.54, 1.807) is 10.9 Å². The number of anilines is 1. The molecule has 35 heavy (non-hydrogen) atoms. The molecule has 0 bridgehead atoms. The van der Waals surface area contributed by atoms with Gasteiger partial charge in [0.1, 0.15) is 0 Å². The number of amides is 1. The van der Waals surface area contributed by atoms with Crippen LogP contribution in [0.1, 0.15) is 23.5 Å². The summed E-state index contributed by atoms with van der Waals surface area (Å²) in [5.41, 5.74) is 1.99. The van der Waals surface area contributed by atoms with Crippen molar-refractivity contribution in [3.63, 3.8) is 0 Å². The molecular formula is C23H31N9O3. The molecule has 3 aliphatic heterocycles. The Kier molecular flexibility index (Phi) is 6.08. The Morgan fingerprint density at radius 2 is 1.80 bits per heavy atom. The van der Waals surface area contributed by atoms with Crippen LogP contribution in [0.2, 0.25) is 0 Å². The summed E-state index contributed by atoms with van der Waals surface area (Å²) in [6.07, 6.45) is 5.71. The van der Waals surface area contributed by atoms with Crippen LogP contribution in [0.15, 0.2) is 12.4 Å². The molecule has 186 valence electrons. The molecule has 6 heterocycles. The lowest BCUT2D eigenvalue weighted by Gasteiger charge is -2.40. The number of likely N-dealkylation sites (tertiary alicyclic amines) is 1. The van der Waals surface area contributed by atoms with Gasteiger partial charge in [0.15, 0.2) is 28.6 Å². The monoisotopic (exact) mass is 481 g/mol. The molecule has 0 aliphatic carbocycles. The molecule has 0 unspecified atom stereocenters. The first-order valence-corrected chi connectivity index (χ1v) is 12.4. The summed E-state index contributed by atoms with van der Waals surface area (Å²) in [5.74, 6) is 1.50. The Morgan fingerprint density at radius 3 is 2.54 bits per heavy atom. The number of nitrogens with one attached hydrogen (secondary N) is 1. The molecule has 12 heteroatoms. The van der Waals surface area contributed by atoms with Gasteiger partial charge in [0.05, 0.1) is 38.2 Å². The molecule has 3 aromatic rings. The van der Waals surface area contributed by atoms with Gasteiger partial charge in [0, 0.05) is 58.6 Å². The number of piperidine rings is 1. The van der Waals surface area contributed by atoms with E-state index in [9.17, 15) is 4.79 Å². The van der Waals surface area contributed by atoms with E-state index >= 15 is 0 Å². The average Bonchev–Trinajstić information content (AvgIpc) is 3.55. The minimum absolute atomic E-state index is 0.0863. The Morgan fingerprint density at radius 1 is 1.03 bits per heavy atom. The maximum absolute atomic E-state index is 13.5. The number of nitrogens with zero attached hydrogens (tertiary/aromatic N) is 8.